The molecule has 0 fully saturated rings. The first kappa shape index (κ1) is 31.5. The molecule has 4 bridgehead atoms. The van der Waals surface area contributed by atoms with E-state index in [1.165, 1.54) is 7.11 Å². The van der Waals surface area contributed by atoms with Gasteiger partial charge in [0, 0.05) is 53.5 Å². The Kier molecular flexibility index (Phi) is 8.43. The van der Waals surface area contributed by atoms with Crippen molar-refractivity contribution in [2.45, 2.75) is 31.7 Å². The van der Waals surface area contributed by atoms with Gasteiger partial charge in [0.25, 0.3) is 0 Å². The van der Waals surface area contributed by atoms with Gasteiger partial charge in [0.15, 0.2) is 34.5 Å². The highest BCUT2D eigenvalue weighted by molar-refractivity contribution is 6.04. The fourth-order valence-corrected chi connectivity index (χ4v) is 7.14. The number of aromatic hydroxyl groups is 1. The summed E-state index contributed by atoms with van der Waals surface area (Å²) in [7, 11) is 10.1. The summed E-state index contributed by atoms with van der Waals surface area (Å²) in [5.41, 5.74) is 6.85. The zero-order chi connectivity index (χ0) is 33.5. The SMILES string of the molecule is COc1cc2c3cc1Oc1c(OC)c(OC)c(OC)c4c1C(Cc1ccc(OC)c(O)c1Oc1ccc(cc1)CC3=NCC2)N(C)CC4. The lowest BCUT2D eigenvalue weighted by Gasteiger charge is -2.38. The van der Waals surface area contributed by atoms with Crippen LogP contribution < -0.4 is 33.2 Å². The van der Waals surface area contributed by atoms with Crippen LogP contribution in [0.25, 0.3) is 0 Å². The number of hydrogen-bond acceptors (Lipinski definition) is 10. The number of likely N-dealkylation sites (N-methyl/N-ethyl adjacent to an activating group) is 1. The summed E-state index contributed by atoms with van der Waals surface area (Å²) in [6, 6.07) is 15.4. The van der Waals surface area contributed by atoms with Crippen molar-refractivity contribution in [1.82, 2.24) is 4.90 Å². The standard InChI is InChI=1S/C38H40N2O8/c1-40-16-14-25-32-28(40)18-23-9-12-29(42-2)33(41)34(23)47-24-10-7-21(8-11-24)17-27-26-20-31(30(43-3)19-22(26)13-15-39-27)48-36(32)38(46-6)37(45-5)35(25)44-4/h7-12,19-20,28,41H,13-18H2,1-6H3. The van der Waals surface area contributed by atoms with Gasteiger partial charge in [-0.1, -0.05) is 18.2 Å². The van der Waals surface area contributed by atoms with E-state index in [2.05, 4.69) is 18.0 Å². The van der Waals surface area contributed by atoms with Crippen LogP contribution in [-0.4, -0.2) is 71.4 Å². The Balaban J connectivity index is 1.53. The predicted molar refractivity (Wildman–Crippen MR) is 182 cm³/mol. The molecule has 4 aromatic rings. The molecule has 48 heavy (non-hydrogen) atoms. The van der Waals surface area contributed by atoms with E-state index in [-0.39, 0.29) is 11.8 Å². The van der Waals surface area contributed by atoms with Crippen LogP contribution in [0.1, 0.15) is 39.4 Å². The van der Waals surface area contributed by atoms with Crippen LogP contribution >= 0.6 is 0 Å². The second-order valence-corrected chi connectivity index (χ2v) is 12.1. The van der Waals surface area contributed by atoms with Gasteiger partial charge in [0.2, 0.25) is 17.2 Å². The van der Waals surface area contributed by atoms with Crippen LogP contribution in [0.5, 0.6) is 57.5 Å². The number of nitrogens with zero attached hydrogens (tertiary/aromatic N) is 2. The Hall–Kier alpha value is -5.09. The molecule has 4 aliphatic rings. The van der Waals surface area contributed by atoms with E-state index in [1.54, 1.807) is 34.5 Å². The molecule has 1 N–H and O–H groups in total. The van der Waals surface area contributed by atoms with Crippen molar-refractivity contribution in [1.29, 1.82) is 0 Å². The summed E-state index contributed by atoms with van der Waals surface area (Å²) < 4.78 is 42.9. The predicted octanol–water partition coefficient (Wildman–Crippen LogP) is 6.69. The van der Waals surface area contributed by atoms with Crippen molar-refractivity contribution in [2.24, 2.45) is 4.99 Å². The van der Waals surface area contributed by atoms with E-state index in [4.69, 9.17) is 38.2 Å². The maximum Gasteiger partial charge on any atom is 0.208 e. The molecule has 4 aliphatic heterocycles. The largest absolute Gasteiger partial charge is 0.502 e. The summed E-state index contributed by atoms with van der Waals surface area (Å²) in [6.07, 6.45) is 2.57. The Morgan fingerprint density at radius 2 is 1.52 bits per heavy atom. The fourth-order valence-electron chi connectivity index (χ4n) is 7.14. The second kappa shape index (κ2) is 12.8. The second-order valence-electron chi connectivity index (χ2n) is 12.1. The first-order valence-corrected chi connectivity index (χ1v) is 16.0. The van der Waals surface area contributed by atoms with Crippen molar-refractivity contribution in [3.63, 3.8) is 0 Å². The molecule has 0 radical (unpaired) electrons. The van der Waals surface area contributed by atoms with Crippen LogP contribution in [-0.2, 0) is 25.7 Å². The van der Waals surface area contributed by atoms with Gasteiger partial charge in [-0.05, 0) is 67.8 Å². The van der Waals surface area contributed by atoms with Crippen LogP contribution in [0.3, 0.4) is 0 Å². The lowest BCUT2D eigenvalue weighted by molar-refractivity contribution is 0.215. The summed E-state index contributed by atoms with van der Waals surface area (Å²) in [4.78, 5) is 7.22. The summed E-state index contributed by atoms with van der Waals surface area (Å²) in [6.45, 7) is 1.43. The minimum absolute atomic E-state index is 0.0677. The molecule has 4 aromatic carbocycles. The van der Waals surface area contributed by atoms with Gasteiger partial charge in [0.05, 0.1) is 35.5 Å². The number of aliphatic imine (C=N–C) groups is 1. The highest BCUT2D eigenvalue weighted by Gasteiger charge is 2.38. The van der Waals surface area contributed by atoms with Crippen molar-refractivity contribution in [3.8, 4) is 57.5 Å². The van der Waals surface area contributed by atoms with Gasteiger partial charge >= 0.3 is 0 Å². The van der Waals surface area contributed by atoms with E-state index in [1.807, 2.05) is 36.4 Å². The molecular formula is C38H40N2O8. The van der Waals surface area contributed by atoms with Gasteiger partial charge in [-0.2, -0.15) is 0 Å². The molecule has 10 nitrogen and oxygen atoms in total. The van der Waals surface area contributed by atoms with Crippen LogP contribution in [0.15, 0.2) is 53.5 Å². The van der Waals surface area contributed by atoms with Gasteiger partial charge in [-0.25, -0.2) is 0 Å². The molecule has 1 unspecified atom stereocenters. The molecule has 8 rings (SSSR count). The van der Waals surface area contributed by atoms with Crippen LogP contribution in [0.2, 0.25) is 0 Å². The van der Waals surface area contributed by atoms with Crippen molar-refractivity contribution < 1.29 is 38.3 Å². The van der Waals surface area contributed by atoms with Crippen LogP contribution in [0.4, 0.5) is 0 Å². The molecule has 250 valence electrons. The highest BCUT2D eigenvalue weighted by atomic mass is 16.6. The molecule has 0 spiro atoms. The van der Waals surface area contributed by atoms with Gasteiger partial charge in [-0.3, -0.25) is 9.89 Å². The van der Waals surface area contributed by atoms with E-state index in [0.717, 1.165) is 52.1 Å². The summed E-state index contributed by atoms with van der Waals surface area (Å²) in [5, 5.41) is 11.4. The molecule has 0 saturated heterocycles. The smallest absolute Gasteiger partial charge is 0.208 e. The third-order valence-corrected chi connectivity index (χ3v) is 9.57. The van der Waals surface area contributed by atoms with Gasteiger partial charge in [0.1, 0.15) is 5.75 Å². The molecule has 0 aromatic heterocycles. The van der Waals surface area contributed by atoms with Crippen molar-refractivity contribution in [2.75, 3.05) is 55.7 Å². The average molecular weight is 653 g/mol. The number of methoxy groups -OCH3 is 5. The highest BCUT2D eigenvalue weighted by Crippen LogP contribution is 2.56. The molecular weight excluding hydrogens is 612 g/mol. The maximum absolute atomic E-state index is 11.4. The quantitative estimate of drug-likeness (QED) is 0.253. The van der Waals surface area contributed by atoms with E-state index in [0.29, 0.717) is 77.6 Å². The molecule has 0 aliphatic carbocycles. The first-order chi connectivity index (χ1) is 23.4. The van der Waals surface area contributed by atoms with E-state index < -0.39 is 0 Å². The molecule has 4 heterocycles. The Morgan fingerprint density at radius 3 is 2.23 bits per heavy atom. The molecule has 1 atom stereocenters. The molecule has 0 saturated carbocycles. The minimum Gasteiger partial charge on any atom is -0.502 e. The Morgan fingerprint density at radius 1 is 0.771 bits per heavy atom. The van der Waals surface area contributed by atoms with Gasteiger partial charge in [-0.15, -0.1) is 0 Å². The van der Waals surface area contributed by atoms with Crippen molar-refractivity contribution in [3.05, 3.63) is 81.9 Å². The summed E-state index contributed by atoms with van der Waals surface area (Å²) >= 11 is 0. The van der Waals surface area contributed by atoms with Gasteiger partial charge < -0.3 is 38.3 Å². The topological polar surface area (TPSA) is 100 Å². The van der Waals surface area contributed by atoms with E-state index in [9.17, 15) is 5.11 Å². The summed E-state index contributed by atoms with van der Waals surface area (Å²) in [5.74, 6) is 4.30. The molecule has 0 amide bonds. The number of ether oxygens (including phenoxy) is 7. The fraction of sp³-hybridized carbons (Fsp3) is 0.342. The van der Waals surface area contributed by atoms with Crippen molar-refractivity contribution >= 4 is 5.71 Å². The number of benzene rings is 4. The normalized spacial score (nSPS) is 16.7. The zero-order valence-electron chi connectivity index (χ0n) is 28.1. The third-order valence-electron chi connectivity index (χ3n) is 9.57. The zero-order valence-corrected chi connectivity index (χ0v) is 28.1. The lowest BCUT2D eigenvalue weighted by Crippen LogP contribution is -2.34. The molecule has 10 heteroatoms. The van der Waals surface area contributed by atoms with E-state index >= 15 is 0 Å². The first-order valence-electron chi connectivity index (χ1n) is 16.0. The number of phenolic OH excluding ortho intramolecular Hbond substituents is 1. The Bertz CT molecular complexity index is 1900. The monoisotopic (exact) mass is 652 g/mol. The number of fused-ring (bicyclic) bond motifs is 2. The minimum atomic E-state index is -0.244. The number of hydrogen-bond donors (Lipinski definition) is 1. The Labute approximate surface area is 280 Å². The maximum atomic E-state index is 11.4. The lowest BCUT2D eigenvalue weighted by atomic mass is 9.86. The number of phenols is 1. The average Bonchev–Trinajstić information content (AvgIpc) is 3.10. The third kappa shape index (κ3) is 5.30. The van der Waals surface area contributed by atoms with Crippen LogP contribution in [0, 0.1) is 0 Å². The number of rotatable bonds is 5.